The fourth-order valence-electron chi connectivity index (χ4n) is 2.96. The topological polar surface area (TPSA) is 66.9 Å². The Labute approximate surface area is 119 Å². The summed E-state index contributed by atoms with van der Waals surface area (Å²) in [7, 11) is 0. The molecule has 0 bridgehead atoms. The van der Waals surface area contributed by atoms with Gasteiger partial charge in [-0.25, -0.2) is 4.79 Å². The van der Waals surface area contributed by atoms with E-state index in [4.69, 9.17) is 0 Å². The van der Waals surface area contributed by atoms with Gasteiger partial charge >= 0.3 is 5.69 Å². The molecule has 2 atom stereocenters. The van der Waals surface area contributed by atoms with Crippen LogP contribution in [0.2, 0.25) is 0 Å². The monoisotopic (exact) mass is 279 g/mol. The molecule has 0 aromatic carbocycles. The van der Waals surface area contributed by atoms with E-state index in [0.717, 1.165) is 6.54 Å². The van der Waals surface area contributed by atoms with E-state index in [1.54, 1.807) is 10.8 Å². The molecule has 0 saturated heterocycles. The van der Waals surface area contributed by atoms with Crippen molar-refractivity contribution >= 4 is 0 Å². The minimum Gasteiger partial charge on any atom is -0.312 e. The number of H-pyrrole nitrogens is 1. The fraction of sp³-hybridized carbons (Fsp3) is 0.733. The average molecular weight is 279 g/mol. The number of aromatic amines is 1. The summed E-state index contributed by atoms with van der Waals surface area (Å²) in [5.74, 6) is 0.710. The number of nitrogens with zero attached hydrogens (tertiary/aromatic N) is 1. The molecule has 1 aliphatic rings. The number of rotatable bonds is 5. The van der Waals surface area contributed by atoms with Crippen LogP contribution < -0.4 is 16.6 Å². The standard InChI is InChI=1S/C15H25N3O2/c1-3-12-10-18(15(20)17-14(12)19)9-8-16-13-7-5-4-6-11(13)2/h10-11,13,16H,3-9H2,1-2H3,(H,17,19,20). The fourth-order valence-corrected chi connectivity index (χ4v) is 2.96. The van der Waals surface area contributed by atoms with Gasteiger partial charge in [0.25, 0.3) is 5.56 Å². The molecular formula is C15H25N3O2. The molecule has 0 radical (unpaired) electrons. The number of nitrogens with one attached hydrogen (secondary N) is 2. The first-order valence-corrected chi connectivity index (χ1v) is 7.68. The third-order valence-electron chi connectivity index (χ3n) is 4.34. The molecule has 5 heteroatoms. The van der Waals surface area contributed by atoms with Crippen molar-refractivity contribution in [3.05, 3.63) is 32.6 Å². The number of aryl methyl sites for hydroxylation is 1. The number of hydrogen-bond donors (Lipinski definition) is 2. The van der Waals surface area contributed by atoms with E-state index in [2.05, 4.69) is 17.2 Å². The van der Waals surface area contributed by atoms with Gasteiger partial charge in [0.2, 0.25) is 0 Å². The Balaban J connectivity index is 1.94. The quantitative estimate of drug-likeness (QED) is 0.853. The van der Waals surface area contributed by atoms with Crippen molar-refractivity contribution in [3.63, 3.8) is 0 Å². The van der Waals surface area contributed by atoms with Crippen LogP contribution in [0.1, 0.15) is 45.1 Å². The molecule has 2 N–H and O–H groups in total. The van der Waals surface area contributed by atoms with Gasteiger partial charge in [0.1, 0.15) is 0 Å². The minimum atomic E-state index is -0.314. The van der Waals surface area contributed by atoms with Gasteiger partial charge in [0.05, 0.1) is 0 Å². The third-order valence-corrected chi connectivity index (χ3v) is 4.34. The molecule has 1 aliphatic carbocycles. The molecule has 1 fully saturated rings. The van der Waals surface area contributed by atoms with E-state index in [-0.39, 0.29) is 11.2 Å². The van der Waals surface area contributed by atoms with Crippen LogP contribution in [-0.2, 0) is 13.0 Å². The Morgan fingerprint density at radius 2 is 2.10 bits per heavy atom. The second-order valence-corrected chi connectivity index (χ2v) is 5.78. The zero-order valence-electron chi connectivity index (χ0n) is 12.4. The lowest BCUT2D eigenvalue weighted by molar-refractivity contribution is 0.278. The third kappa shape index (κ3) is 3.60. The Morgan fingerprint density at radius 1 is 1.35 bits per heavy atom. The van der Waals surface area contributed by atoms with Gasteiger partial charge in [-0.2, -0.15) is 0 Å². The second-order valence-electron chi connectivity index (χ2n) is 5.78. The van der Waals surface area contributed by atoms with Gasteiger partial charge in [-0.1, -0.05) is 26.7 Å². The maximum absolute atomic E-state index is 11.7. The molecule has 1 aromatic rings. The first-order valence-electron chi connectivity index (χ1n) is 7.68. The van der Waals surface area contributed by atoms with Crippen molar-refractivity contribution in [2.24, 2.45) is 5.92 Å². The molecule has 1 saturated carbocycles. The first kappa shape index (κ1) is 15.0. The van der Waals surface area contributed by atoms with Crippen molar-refractivity contribution in [1.82, 2.24) is 14.9 Å². The van der Waals surface area contributed by atoms with Crippen LogP contribution in [0.15, 0.2) is 15.8 Å². The van der Waals surface area contributed by atoms with E-state index < -0.39 is 0 Å². The maximum atomic E-state index is 11.7. The van der Waals surface area contributed by atoms with E-state index in [1.165, 1.54) is 25.7 Å². The summed E-state index contributed by atoms with van der Waals surface area (Å²) in [6, 6.07) is 0.563. The van der Waals surface area contributed by atoms with Gasteiger partial charge in [-0.05, 0) is 25.2 Å². The van der Waals surface area contributed by atoms with Gasteiger partial charge in [-0.3, -0.25) is 14.3 Å². The molecule has 1 heterocycles. The van der Waals surface area contributed by atoms with Crippen molar-refractivity contribution in [3.8, 4) is 0 Å². The van der Waals surface area contributed by atoms with Gasteiger partial charge < -0.3 is 5.32 Å². The van der Waals surface area contributed by atoms with Gasteiger partial charge in [0.15, 0.2) is 0 Å². The smallest absolute Gasteiger partial charge is 0.312 e. The largest absolute Gasteiger partial charge is 0.328 e. The zero-order valence-corrected chi connectivity index (χ0v) is 12.4. The predicted molar refractivity (Wildman–Crippen MR) is 80.1 cm³/mol. The highest BCUT2D eigenvalue weighted by atomic mass is 16.2. The van der Waals surface area contributed by atoms with E-state index in [0.29, 0.717) is 30.5 Å². The highest BCUT2D eigenvalue weighted by Gasteiger charge is 2.20. The first-order chi connectivity index (χ1) is 9.61. The van der Waals surface area contributed by atoms with Crippen molar-refractivity contribution in [1.29, 1.82) is 0 Å². The van der Waals surface area contributed by atoms with E-state index in [9.17, 15) is 9.59 Å². The SMILES string of the molecule is CCc1cn(CCNC2CCCCC2C)c(=O)[nH]c1=O. The van der Waals surface area contributed by atoms with Crippen molar-refractivity contribution in [2.75, 3.05) is 6.54 Å². The summed E-state index contributed by atoms with van der Waals surface area (Å²) < 4.78 is 1.60. The average Bonchev–Trinajstić information content (AvgIpc) is 2.43. The summed E-state index contributed by atoms with van der Waals surface area (Å²) in [6.45, 7) is 5.58. The molecular weight excluding hydrogens is 254 g/mol. The lowest BCUT2D eigenvalue weighted by Gasteiger charge is -2.29. The number of hydrogen-bond acceptors (Lipinski definition) is 3. The van der Waals surface area contributed by atoms with E-state index >= 15 is 0 Å². The molecule has 112 valence electrons. The lowest BCUT2D eigenvalue weighted by Crippen LogP contribution is -2.40. The summed E-state index contributed by atoms with van der Waals surface area (Å²) in [5, 5.41) is 3.55. The molecule has 0 spiro atoms. The predicted octanol–water partition coefficient (Wildman–Crippen LogP) is 1.27. The summed E-state index contributed by atoms with van der Waals surface area (Å²) in [6.07, 6.45) is 7.47. The Hall–Kier alpha value is -1.36. The lowest BCUT2D eigenvalue weighted by atomic mass is 9.86. The summed E-state index contributed by atoms with van der Waals surface area (Å²) in [4.78, 5) is 25.6. The highest BCUT2D eigenvalue weighted by Crippen LogP contribution is 2.23. The summed E-state index contributed by atoms with van der Waals surface area (Å²) in [5.41, 5.74) is 0.0870. The Bertz CT molecular complexity index is 547. The normalized spacial score (nSPS) is 22.9. The van der Waals surface area contributed by atoms with Crippen molar-refractivity contribution < 1.29 is 0 Å². The highest BCUT2D eigenvalue weighted by molar-refractivity contribution is 5.03. The molecule has 1 aromatic heterocycles. The van der Waals surface area contributed by atoms with Crippen LogP contribution in [-0.4, -0.2) is 22.1 Å². The molecule has 0 aliphatic heterocycles. The molecule has 2 unspecified atom stereocenters. The summed E-state index contributed by atoms with van der Waals surface area (Å²) >= 11 is 0. The maximum Gasteiger partial charge on any atom is 0.328 e. The zero-order chi connectivity index (χ0) is 14.5. The van der Waals surface area contributed by atoms with Crippen molar-refractivity contribution in [2.45, 2.75) is 58.5 Å². The van der Waals surface area contributed by atoms with E-state index in [1.807, 2.05) is 6.92 Å². The van der Waals surface area contributed by atoms with Crippen LogP contribution >= 0.6 is 0 Å². The molecule has 20 heavy (non-hydrogen) atoms. The minimum absolute atomic E-state index is 0.261. The molecule has 2 rings (SSSR count). The Morgan fingerprint density at radius 3 is 2.80 bits per heavy atom. The van der Waals surface area contributed by atoms with Crippen LogP contribution in [0, 0.1) is 5.92 Å². The molecule has 0 amide bonds. The Kier molecular flexibility index (Phi) is 5.17. The van der Waals surface area contributed by atoms with Gasteiger partial charge in [0, 0.05) is 30.9 Å². The van der Waals surface area contributed by atoms with Gasteiger partial charge in [-0.15, -0.1) is 0 Å². The van der Waals surface area contributed by atoms with Crippen LogP contribution in [0.25, 0.3) is 0 Å². The second kappa shape index (κ2) is 6.88. The van der Waals surface area contributed by atoms with Crippen LogP contribution in [0.4, 0.5) is 0 Å². The number of aromatic nitrogens is 2. The van der Waals surface area contributed by atoms with Crippen LogP contribution in [0.3, 0.4) is 0 Å². The van der Waals surface area contributed by atoms with Crippen LogP contribution in [0.5, 0.6) is 0 Å². The molecule has 5 nitrogen and oxygen atoms in total.